The van der Waals surface area contributed by atoms with Crippen LogP contribution in [0, 0.1) is 5.92 Å². The van der Waals surface area contributed by atoms with Gasteiger partial charge in [0.05, 0.1) is 6.10 Å². The molecule has 1 aliphatic heterocycles. The Balaban J connectivity index is 1.60. The Labute approximate surface area is 128 Å². The Hall–Kier alpha value is -0.610. The van der Waals surface area contributed by atoms with Crippen LogP contribution in [0.5, 0.6) is 0 Å². The maximum absolute atomic E-state index is 12.8. The van der Waals surface area contributed by atoms with Crippen LogP contribution in [-0.2, 0) is 9.53 Å². The third-order valence-electron chi connectivity index (χ3n) is 5.66. The highest BCUT2D eigenvalue weighted by molar-refractivity contribution is 5.77. The highest BCUT2D eigenvalue weighted by Crippen LogP contribution is 2.30. The van der Waals surface area contributed by atoms with Gasteiger partial charge in [0.25, 0.3) is 0 Å². The van der Waals surface area contributed by atoms with Gasteiger partial charge in [-0.15, -0.1) is 0 Å². The van der Waals surface area contributed by atoms with E-state index in [1.807, 2.05) is 0 Å². The zero-order valence-corrected chi connectivity index (χ0v) is 13.1. The molecule has 4 heteroatoms. The van der Waals surface area contributed by atoms with Gasteiger partial charge in [0.1, 0.15) is 0 Å². The molecule has 0 radical (unpaired) electrons. The second-order valence-corrected chi connectivity index (χ2v) is 7.18. The van der Waals surface area contributed by atoms with Crippen LogP contribution < -0.4 is 5.73 Å². The monoisotopic (exact) mass is 294 g/mol. The minimum atomic E-state index is 0.238. The van der Waals surface area contributed by atoms with E-state index in [0.29, 0.717) is 24.3 Å². The van der Waals surface area contributed by atoms with Crippen LogP contribution in [0.25, 0.3) is 0 Å². The molecular weight excluding hydrogens is 264 g/mol. The summed E-state index contributed by atoms with van der Waals surface area (Å²) >= 11 is 0. The van der Waals surface area contributed by atoms with Crippen molar-refractivity contribution >= 4 is 5.91 Å². The molecule has 3 atom stereocenters. The molecule has 0 aromatic heterocycles. The van der Waals surface area contributed by atoms with E-state index in [1.165, 1.54) is 32.1 Å². The lowest BCUT2D eigenvalue weighted by molar-refractivity contribution is -0.136. The zero-order valence-electron chi connectivity index (χ0n) is 13.1. The van der Waals surface area contributed by atoms with Crippen molar-refractivity contribution in [3.05, 3.63) is 0 Å². The lowest BCUT2D eigenvalue weighted by atomic mass is 9.98. The van der Waals surface area contributed by atoms with Gasteiger partial charge in [-0.2, -0.15) is 0 Å². The van der Waals surface area contributed by atoms with Crippen molar-refractivity contribution in [3.8, 4) is 0 Å². The molecule has 1 saturated heterocycles. The van der Waals surface area contributed by atoms with Crippen LogP contribution in [0.2, 0.25) is 0 Å². The fraction of sp³-hybridized carbons (Fsp3) is 0.941. The first-order chi connectivity index (χ1) is 10.2. The molecule has 1 heterocycles. The topological polar surface area (TPSA) is 55.6 Å². The number of ether oxygens (including phenoxy) is 1. The highest BCUT2D eigenvalue weighted by Gasteiger charge is 2.33. The molecule has 2 N–H and O–H groups in total. The smallest absolute Gasteiger partial charge is 0.223 e. The summed E-state index contributed by atoms with van der Waals surface area (Å²) in [5.74, 6) is 0.741. The van der Waals surface area contributed by atoms with Crippen LogP contribution in [0.3, 0.4) is 0 Å². The summed E-state index contributed by atoms with van der Waals surface area (Å²) in [6.45, 7) is 1.68. The number of rotatable bonds is 5. The van der Waals surface area contributed by atoms with Crippen LogP contribution in [0.1, 0.15) is 64.2 Å². The van der Waals surface area contributed by atoms with Crippen molar-refractivity contribution in [2.24, 2.45) is 11.7 Å². The van der Waals surface area contributed by atoms with Crippen molar-refractivity contribution in [1.82, 2.24) is 4.90 Å². The first-order valence-electron chi connectivity index (χ1n) is 8.90. The Morgan fingerprint density at radius 3 is 2.48 bits per heavy atom. The average Bonchev–Trinajstić information content (AvgIpc) is 3.19. The van der Waals surface area contributed by atoms with Gasteiger partial charge in [0, 0.05) is 31.7 Å². The normalized spacial score (nSPS) is 33.7. The molecule has 0 aromatic carbocycles. The Bertz CT molecular complexity index is 349. The van der Waals surface area contributed by atoms with E-state index >= 15 is 0 Å². The molecule has 2 aliphatic carbocycles. The molecule has 3 aliphatic rings. The molecule has 4 nitrogen and oxygen atoms in total. The predicted octanol–water partition coefficient (Wildman–Crippen LogP) is 2.45. The van der Waals surface area contributed by atoms with Crippen molar-refractivity contribution in [1.29, 1.82) is 0 Å². The number of amides is 1. The van der Waals surface area contributed by atoms with Crippen molar-refractivity contribution < 1.29 is 9.53 Å². The number of carbonyl (C=O) groups excluding carboxylic acids is 1. The van der Waals surface area contributed by atoms with E-state index in [9.17, 15) is 4.79 Å². The van der Waals surface area contributed by atoms with Gasteiger partial charge in [-0.3, -0.25) is 4.79 Å². The Kier molecular flexibility index (Phi) is 5.17. The van der Waals surface area contributed by atoms with Gasteiger partial charge in [0.2, 0.25) is 5.91 Å². The maximum atomic E-state index is 12.8. The summed E-state index contributed by atoms with van der Waals surface area (Å²) < 4.78 is 5.77. The summed E-state index contributed by atoms with van der Waals surface area (Å²) in [7, 11) is 0. The first-order valence-corrected chi connectivity index (χ1v) is 8.90. The fourth-order valence-corrected chi connectivity index (χ4v) is 4.34. The van der Waals surface area contributed by atoms with Gasteiger partial charge >= 0.3 is 0 Å². The van der Waals surface area contributed by atoms with E-state index in [4.69, 9.17) is 10.5 Å². The Morgan fingerprint density at radius 1 is 1.05 bits per heavy atom. The summed E-state index contributed by atoms with van der Waals surface area (Å²) in [4.78, 5) is 15.0. The molecule has 120 valence electrons. The molecule has 0 aromatic rings. The van der Waals surface area contributed by atoms with E-state index in [2.05, 4.69) is 4.90 Å². The molecule has 0 spiro atoms. The minimum absolute atomic E-state index is 0.238. The van der Waals surface area contributed by atoms with Gasteiger partial charge in [0.15, 0.2) is 0 Å². The molecule has 3 rings (SSSR count). The Morgan fingerprint density at radius 2 is 1.86 bits per heavy atom. The van der Waals surface area contributed by atoms with E-state index in [-0.39, 0.29) is 12.1 Å². The second kappa shape index (κ2) is 7.10. The molecule has 1 amide bonds. The second-order valence-electron chi connectivity index (χ2n) is 7.18. The third-order valence-corrected chi connectivity index (χ3v) is 5.66. The van der Waals surface area contributed by atoms with Crippen molar-refractivity contribution in [3.63, 3.8) is 0 Å². The standard InChI is InChI=1S/C17H30N2O2/c18-16-9-3-5-13(16)11-17(20)19(14-6-1-2-7-14)12-15-8-4-10-21-15/h13-16H,1-12,18H2/t13-,15?,16+/m0/s1. The summed E-state index contributed by atoms with van der Waals surface area (Å²) in [5.41, 5.74) is 6.15. The van der Waals surface area contributed by atoms with E-state index in [0.717, 1.165) is 38.8 Å². The van der Waals surface area contributed by atoms with Crippen LogP contribution in [0.15, 0.2) is 0 Å². The molecule has 3 fully saturated rings. The molecular formula is C17H30N2O2. The summed E-state index contributed by atoms with van der Waals surface area (Å²) in [5, 5.41) is 0. The average molecular weight is 294 g/mol. The minimum Gasteiger partial charge on any atom is -0.376 e. The molecule has 21 heavy (non-hydrogen) atoms. The SMILES string of the molecule is N[C@@H]1CCC[C@H]1CC(=O)N(CC1CCCO1)C1CCCC1. The van der Waals surface area contributed by atoms with Gasteiger partial charge in [-0.05, 0) is 44.4 Å². The first kappa shape index (κ1) is 15.3. The summed E-state index contributed by atoms with van der Waals surface area (Å²) in [6.07, 6.45) is 11.5. The number of hydrogen-bond donors (Lipinski definition) is 1. The lowest BCUT2D eigenvalue weighted by Crippen LogP contribution is -2.44. The van der Waals surface area contributed by atoms with E-state index in [1.54, 1.807) is 0 Å². The number of nitrogens with zero attached hydrogens (tertiary/aromatic N) is 1. The van der Waals surface area contributed by atoms with Gasteiger partial charge in [-0.1, -0.05) is 19.3 Å². The summed E-state index contributed by atoms with van der Waals surface area (Å²) in [6, 6.07) is 0.696. The molecule has 0 bridgehead atoms. The largest absolute Gasteiger partial charge is 0.376 e. The molecule has 1 unspecified atom stereocenters. The van der Waals surface area contributed by atoms with Gasteiger partial charge in [-0.25, -0.2) is 0 Å². The number of nitrogens with two attached hydrogens (primary N) is 1. The van der Waals surface area contributed by atoms with Crippen molar-refractivity contribution in [2.75, 3.05) is 13.2 Å². The van der Waals surface area contributed by atoms with Crippen LogP contribution >= 0.6 is 0 Å². The van der Waals surface area contributed by atoms with Gasteiger partial charge < -0.3 is 15.4 Å². The van der Waals surface area contributed by atoms with E-state index < -0.39 is 0 Å². The third kappa shape index (κ3) is 3.78. The molecule has 2 saturated carbocycles. The number of carbonyl (C=O) groups is 1. The predicted molar refractivity (Wildman–Crippen MR) is 82.9 cm³/mol. The fourth-order valence-electron chi connectivity index (χ4n) is 4.34. The van der Waals surface area contributed by atoms with Crippen LogP contribution in [0.4, 0.5) is 0 Å². The maximum Gasteiger partial charge on any atom is 0.223 e. The highest BCUT2D eigenvalue weighted by atomic mass is 16.5. The zero-order chi connectivity index (χ0) is 14.7. The quantitative estimate of drug-likeness (QED) is 0.847. The van der Waals surface area contributed by atoms with Crippen LogP contribution in [-0.4, -0.2) is 42.1 Å². The lowest BCUT2D eigenvalue weighted by Gasteiger charge is -2.32. The van der Waals surface area contributed by atoms with Crippen molar-refractivity contribution in [2.45, 2.75) is 82.4 Å². The number of hydrogen-bond acceptors (Lipinski definition) is 3.